The predicted molar refractivity (Wildman–Crippen MR) is 150 cm³/mol. The van der Waals surface area contributed by atoms with Gasteiger partial charge in [0.15, 0.2) is 0 Å². The van der Waals surface area contributed by atoms with Gasteiger partial charge in [-0.05, 0) is 80.6 Å². The van der Waals surface area contributed by atoms with E-state index in [1.54, 1.807) is 20.8 Å². The van der Waals surface area contributed by atoms with Gasteiger partial charge in [0.1, 0.15) is 18.2 Å². The summed E-state index contributed by atoms with van der Waals surface area (Å²) in [7, 11) is 0. The molecule has 8 heteroatoms. The third-order valence-electron chi connectivity index (χ3n) is 5.07. The topological polar surface area (TPSA) is 95.9 Å². The van der Waals surface area contributed by atoms with E-state index in [0.29, 0.717) is 18.7 Å². The maximum Gasteiger partial charge on any atom is 0.410 e. The van der Waals surface area contributed by atoms with Gasteiger partial charge in [0, 0.05) is 18.1 Å². The van der Waals surface area contributed by atoms with Crippen molar-refractivity contribution in [2.45, 2.75) is 99.1 Å². The smallest absolute Gasteiger partial charge is 0.410 e. The van der Waals surface area contributed by atoms with E-state index in [2.05, 4.69) is 51.2 Å². The second-order valence-corrected chi connectivity index (χ2v) is 11.4. The van der Waals surface area contributed by atoms with E-state index in [9.17, 15) is 19.5 Å². The lowest BCUT2D eigenvalue weighted by atomic mass is 10.1. The van der Waals surface area contributed by atoms with Crippen LogP contribution in [-0.2, 0) is 14.3 Å². The van der Waals surface area contributed by atoms with Gasteiger partial charge >= 0.3 is 12.1 Å². The lowest BCUT2D eigenvalue weighted by Crippen LogP contribution is -2.49. The predicted octanol–water partition coefficient (Wildman–Crippen LogP) is 6.36. The van der Waals surface area contributed by atoms with Gasteiger partial charge in [-0.25, -0.2) is 9.59 Å². The zero-order valence-electron chi connectivity index (χ0n) is 23.6. The summed E-state index contributed by atoms with van der Waals surface area (Å²) in [5.41, 5.74) is 3.34. The summed E-state index contributed by atoms with van der Waals surface area (Å²) in [6, 6.07) is -1.02. The van der Waals surface area contributed by atoms with Crippen LogP contribution in [0, 0.1) is 0 Å². The minimum absolute atomic E-state index is 0.239. The molecule has 2 N–H and O–H groups in total. The van der Waals surface area contributed by atoms with Crippen molar-refractivity contribution in [3.8, 4) is 0 Å². The summed E-state index contributed by atoms with van der Waals surface area (Å²) in [4.78, 5) is 37.8. The fraction of sp³-hybridized carbons (Fsp3) is 0.679. The van der Waals surface area contributed by atoms with E-state index in [1.165, 1.54) is 33.4 Å². The van der Waals surface area contributed by atoms with Crippen molar-refractivity contribution in [2.75, 3.05) is 24.6 Å². The number of carbonyl (C=O) groups excluding carboxylic acids is 2. The van der Waals surface area contributed by atoms with Gasteiger partial charge in [-0.1, -0.05) is 41.9 Å². The molecule has 0 heterocycles. The van der Waals surface area contributed by atoms with E-state index >= 15 is 0 Å². The van der Waals surface area contributed by atoms with Crippen LogP contribution in [0.25, 0.3) is 0 Å². The van der Waals surface area contributed by atoms with Crippen LogP contribution in [0.3, 0.4) is 0 Å². The summed E-state index contributed by atoms with van der Waals surface area (Å²) in [6.07, 6.45) is 10.9. The summed E-state index contributed by atoms with van der Waals surface area (Å²) < 4.78 is 5.35. The lowest BCUT2D eigenvalue weighted by molar-refractivity contribution is -0.141. The zero-order valence-corrected chi connectivity index (χ0v) is 24.4. The molecule has 0 aliphatic heterocycles. The van der Waals surface area contributed by atoms with Gasteiger partial charge in [-0.15, -0.1) is 0 Å². The second-order valence-electron chi connectivity index (χ2n) is 10.4. The van der Waals surface area contributed by atoms with Crippen LogP contribution in [0.5, 0.6) is 0 Å². The normalized spacial score (nSPS) is 13.1. The van der Waals surface area contributed by atoms with Gasteiger partial charge in [0.05, 0.1) is 0 Å². The number of carboxylic acid groups (broad SMARTS) is 1. The van der Waals surface area contributed by atoms with Crippen LogP contribution in [-0.4, -0.2) is 64.2 Å². The van der Waals surface area contributed by atoms with Crippen molar-refractivity contribution in [1.29, 1.82) is 0 Å². The first-order valence-electron chi connectivity index (χ1n) is 12.8. The minimum Gasteiger partial charge on any atom is -0.480 e. The third-order valence-corrected chi connectivity index (χ3v) is 6.04. The van der Waals surface area contributed by atoms with Crippen LogP contribution in [0.15, 0.2) is 34.9 Å². The quantitative estimate of drug-likeness (QED) is 0.180. The minimum atomic E-state index is -1.09. The van der Waals surface area contributed by atoms with Gasteiger partial charge in [-0.2, -0.15) is 11.8 Å². The number of nitrogens with zero attached hydrogens (tertiary/aromatic N) is 1. The Hall–Kier alpha value is -2.22. The molecule has 0 spiro atoms. The lowest BCUT2D eigenvalue weighted by Gasteiger charge is -2.27. The Bertz CT molecular complexity index is 792. The number of amides is 2. The van der Waals surface area contributed by atoms with Crippen molar-refractivity contribution < 1.29 is 24.2 Å². The number of nitrogens with one attached hydrogen (secondary N) is 1. The maximum atomic E-state index is 12.5. The first-order chi connectivity index (χ1) is 16.7. The van der Waals surface area contributed by atoms with Crippen LogP contribution in [0.2, 0.25) is 0 Å². The Labute approximate surface area is 222 Å². The number of thioether (sulfide) groups is 1. The van der Waals surface area contributed by atoms with E-state index in [0.717, 1.165) is 25.7 Å². The van der Waals surface area contributed by atoms with Gasteiger partial charge < -0.3 is 15.2 Å². The van der Waals surface area contributed by atoms with Gasteiger partial charge in [-0.3, -0.25) is 9.69 Å². The summed E-state index contributed by atoms with van der Waals surface area (Å²) in [5.74, 6) is -0.686. The standard InChI is InChI=1S/C28H48N2O5S/c1-9-17-30(27(34)35-28(6,7)8)19-25(31)29-24(26(32)33)20-36-18-16-23(5)15-11-14-22(4)13-10-12-21(2)3/h12,14,16,24H,9-11,13,15,17-20H2,1-8H3,(H,29,31)(H,32,33)/b22-14+,23-16+/t24-/m0/s1. The number of ether oxygens (including phenoxy) is 1. The SMILES string of the molecule is CCCN(CC(=O)N[C@@H](CSC/C=C(\C)CC/C=C(\C)CCC=C(C)C)C(=O)O)C(=O)OC(C)(C)C. The van der Waals surface area contributed by atoms with Crippen LogP contribution >= 0.6 is 11.8 Å². The molecule has 0 unspecified atom stereocenters. The van der Waals surface area contributed by atoms with E-state index in [-0.39, 0.29) is 12.3 Å². The molecule has 0 bridgehead atoms. The Morgan fingerprint density at radius 3 is 2.11 bits per heavy atom. The number of hydrogen-bond acceptors (Lipinski definition) is 5. The van der Waals surface area contributed by atoms with E-state index < -0.39 is 29.6 Å². The average molecular weight is 525 g/mol. The highest BCUT2D eigenvalue weighted by atomic mass is 32.2. The molecule has 0 aliphatic rings. The molecule has 0 saturated heterocycles. The maximum absolute atomic E-state index is 12.5. The molecular weight excluding hydrogens is 476 g/mol. The van der Waals surface area contributed by atoms with Crippen molar-refractivity contribution in [3.63, 3.8) is 0 Å². The molecule has 206 valence electrons. The fourth-order valence-electron chi connectivity index (χ4n) is 3.15. The molecule has 1 atom stereocenters. The Kier molecular flexibility index (Phi) is 17.0. The molecule has 0 fully saturated rings. The van der Waals surface area contributed by atoms with Crippen LogP contribution in [0.1, 0.15) is 87.5 Å². The molecule has 2 amide bonds. The highest BCUT2D eigenvalue weighted by molar-refractivity contribution is 7.99. The summed E-state index contributed by atoms with van der Waals surface area (Å²) in [5, 5.41) is 12.1. The van der Waals surface area contributed by atoms with E-state index in [1.807, 2.05) is 6.92 Å². The van der Waals surface area contributed by atoms with Gasteiger partial charge in [0.2, 0.25) is 5.91 Å². The average Bonchev–Trinajstić information content (AvgIpc) is 2.73. The molecule has 0 saturated carbocycles. The van der Waals surface area contributed by atoms with Crippen molar-refractivity contribution >= 4 is 29.7 Å². The van der Waals surface area contributed by atoms with Crippen LogP contribution in [0.4, 0.5) is 4.79 Å². The third kappa shape index (κ3) is 18.1. The molecule has 0 radical (unpaired) electrons. The molecule has 7 nitrogen and oxygen atoms in total. The molecule has 0 aromatic rings. The Morgan fingerprint density at radius 1 is 1.00 bits per heavy atom. The number of rotatable bonds is 16. The first kappa shape index (κ1) is 33.8. The zero-order chi connectivity index (χ0) is 27.7. The molecule has 0 rings (SSSR count). The Morgan fingerprint density at radius 2 is 1.58 bits per heavy atom. The second kappa shape index (κ2) is 18.1. The van der Waals surface area contributed by atoms with E-state index in [4.69, 9.17) is 4.74 Å². The Balaban J connectivity index is 4.60. The number of carbonyl (C=O) groups is 3. The summed E-state index contributed by atoms with van der Waals surface area (Å²) in [6.45, 7) is 15.8. The number of carboxylic acids is 1. The highest BCUT2D eigenvalue weighted by Gasteiger charge is 2.26. The van der Waals surface area contributed by atoms with Crippen molar-refractivity contribution in [1.82, 2.24) is 10.2 Å². The molecular formula is C28H48N2O5S. The first-order valence-corrected chi connectivity index (χ1v) is 13.9. The molecule has 0 aromatic heterocycles. The number of allylic oxidation sites excluding steroid dienone is 5. The van der Waals surface area contributed by atoms with Gasteiger partial charge in [0.25, 0.3) is 0 Å². The number of aliphatic carboxylic acids is 1. The molecule has 0 aliphatic carbocycles. The molecule has 36 heavy (non-hydrogen) atoms. The molecule has 0 aromatic carbocycles. The van der Waals surface area contributed by atoms with Crippen LogP contribution < -0.4 is 5.32 Å². The largest absolute Gasteiger partial charge is 0.480 e. The number of hydrogen-bond donors (Lipinski definition) is 2. The van der Waals surface area contributed by atoms with Crippen molar-refractivity contribution in [2.24, 2.45) is 0 Å². The van der Waals surface area contributed by atoms with Crippen molar-refractivity contribution in [3.05, 3.63) is 34.9 Å². The fourth-order valence-corrected chi connectivity index (χ4v) is 4.15. The monoisotopic (exact) mass is 524 g/mol. The highest BCUT2D eigenvalue weighted by Crippen LogP contribution is 2.13. The summed E-state index contributed by atoms with van der Waals surface area (Å²) >= 11 is 1.46.